The van der Waals surface area contributed by atoms with E-state index >= 15 is 0 Å². The topological polar surface area (TPSA) is 0 Å². The summed E-state index contributed by atoms with van der Waals surface area (Å²) in [5.41, 5.74) is 0. The van der Waals surface area contributed by atoms with Crippen molar-refractivity contribution in [1.29, 1.82) is 0 Å². The molecule has 1 aliphatic carbocycles. The molecule has 1 saturated carbocycles. The van der Waals surface area contributed by atoms with Gasteiger partial charge in [0.2, 0.25) is 0 Å². The van der Waals surface area contributed by atoms with Gasteiger partial charge in [-0.1, -0.05) is 58.3 Å². The summed E-state index contributed by atoms with van der Waals surface area (Å²) in [7, 11) is 0. The zero-order valence-electron chi connectivity index (χ0n) is 9.23. The normalized spacial score (nSPS) is 18.2. The fraction of sp³-hybridized carbons (Fsp3) is 0.923. The van der Waals surface area contributed by atoms with Crippen LogP contribution in [0.25, 0.3) is 0 Å². The number of unbranched alkanes of at least 4 members (excludes halogenated alkanes) is 5. The molecule has 13 heavy (non-hydrogen) atoms. The molecule has 1 unspecified atom stereocenters. The van der Waals surface area contributed by atoms with Crippen molar-refractivity contribution in [2.24, 2.45) is 5.92 Å². The lowest BCUT2D eigenvalue weighted by atomic mass is 9.99. The fourth-order valence-corrected chi connectivity index (χ4v) is 2.30. The Bertz CT molecular complexity index is 101. The minimum atomic E-state index is 1.06. The Hall–Kier alpha value is 0. The molecule has 1 atom stereocenters. The van der Waals surface area contributed by atoms with Gasteiger partial charge in [0.1, 0.15) is 0 Å². The molecular weight excluding hydrogens is 156 g/mol. The highest BCUT2D eigenvalue weighted by Crippen LogP contribution is 2.28. The first-order chi connectivity index (χ1) is 6.43. The van der Waals surface area contributed by atoms with Crippen molar-refractivity contribution in [3.8, 4) is 0 Å². The standard InChI is InChI=1S/C13H25/c1-2-3-4-5-6-7-10-13-11-8-9-12-13/h8,13H,2-7,9-12H2,1H3. The van der Waals surface area contributed by atoms with Crippen LogP contribution < -0.4 is 0 Å². The Morgan fingerprint density at radius 1 is 1.08 bits per heavy atom. The summed E-state index contributed by atoms with van der Waals surface area (Å²) in [6, 6.07) is 0. The maximum atomic E-state index is 2.47. The van der Waals surface area contributed by atoms with Gasteiger partial charge in [-0.25, -0.2) is 0 Å². The van der Waals surface area contributed by atoms with E-state index in [-0.39, 0.29) is 0 Å². The van der Waals surface area contributed by atoms with Crippen LogP contribution >= 0.6 is 0 Å². The zero-order chi connectivity index (χ0) is 9.36. The highest BCUT2D eigenvalue weighted by Gasteiger charge is 2.13. The summed E-state index contributed by atoms with van der Waals surface area (Å²) in [6.45, 7) is 2.29. The lowest BCUT2D eigenvalue weighted by Crippen LogP contribution is -1.92. The number of hydrogen-bond donors (Lipinski definition) is 0. The second kappa shape index (κ2) is 7.41. The average molecular weight is 181 g/mol. The van der Waals surface area contributed by atoms with Crippen LogP contribution in [0.5, 0.6) is 0 Å². The van der Waals surface area contributed by atoms with E-state index < -0.39 is 0 Å². The molecule has 0 aromatic carbocycles. The van der Waals surface area contributed by atoms with Crippen molar-refractivity contribution < 1.29 is 0 Å². The van der Waals surface area contributed by atoms with E-state index in [1.54, 1.807) is 0 Å². The molecular formula is C13H25. The smallest absolute Gasteiger partial charge is 0.0383 e. The van der Waals surface area contributed by atoms with Gasteiger partial charge in [0, 0.05) is 0 Å². The molecule has 0 aromatic rings. The average Bonchev–Trinajstić information content (AvgIpc) is 2.63. The lowest BCUT2D eigenvalue weighted by Gasteiger charge is -2.07. The van der Waals surface area contributed by atoms with Crippen LogP contribution in [0.15, 0.2) is 0 Å². The molecule has 1 radical (unpaired) electrons. The predicted octanol–water partition coefficient (Wildman–Crippen LogP) is 4.74. The van der Waals surface area contributed by atoms with E-state index in [4.69, 9.17) is 0 Å². The Morgan fingerprint density at radius 3 is 2.54 bits per heavy atom. The summed E-state index contributed by atoms with van der Waals surface area (Å²) in [6.07, 6.45) is 17.0. The van der Waals surface area contributed by atoms with Crippen LogP contribution in [0, 0.1) is 12.3 Å². The van der Waals surface area contributed by atoms with Gasteiger partial charge in [0.25, 0.3) is 0 Å². The first-order valence-corrected chi connectivity index (χ1v) is 6.25. The molecule has 0 heteroatoms. The molecule has 0 amide bonds. The van der Waals surface area contributed by atoms with Crippen molar-refractivity contribution in [2.45, 2.75) is 71.1 Å². The molecule has 77 valence electrons. The maximum Gasteiger partial charge on any atom is -0.0383 e. The van der Waals surface area contributed by atoms with Gasteiger partial charge < -0.3 is 0 Å². The molecule has 0 saturated heterocycles. The van der Waals surface area contributed by atoms with E-state index in [9.17, 15) is 0 Å². The molecule has 1 aliphatic rings. The Labute approximate surface area is 84.1 Å². The fourth-order valence-electron chi connectivity index (χ4n) is 2.30. The van der Waals surface area contributed by atoms with Crippen molar-refractivity contribution in [1.82, 2.24) is 0 Å². The van der Waals surface area contributed by atoms with Crippen molar-refractivity contribution in [2.75, 3.05) is 0 Å². The molecule has 0 nitrogen and oxygen atoms in total. The van der Waals surface area contributed by atoms with Gasteiger partial charge in [-0.3, -0.25) is 0 Å². The summed E-state index contributed by atoms with van der Waals surface area (Å²) in [4.78, 5) is 0. The molecule has 1 fully saturated rings. The first kappa shape index (κ1) is 11.1. The lowest BCUT2D eigenvalue weighted by molar-refractivity contribution is 0.467. The molecule has 0 aromatic heterocycles. The van der Waals surface area contributed by atoms with Crippen molar-refractivity contribution in [3.63, 3.8) is 0 Å². The van der Waals surface area contributed by atoms with Crippen LogP contribution in [0.2, 0.25) is 0 Å². The minimum absolute atomic E-state index is 1.06. The number of hydrogen-bond acceptors (Lipinski definition) is 0. The molecule has 0 N–H and O–H groups in total. The summed E-state index contributed by atoms with van der Waals surface area (Å²) < 4.78 is 0. The third-order valence-corrected chi connectivity index (χ3v) is 3.24. The largest absolute Gasteiger partial charge is 0.0654 e. The van der Waals surface area contributed by atoms with Crippen LogP contribution in [0.3, 0.4) is 0 Å². The minimum Gasteiger partial charge on any atom is -0.0654 e. The molecule has 0 spiro atoms. The second-order valence-corrected chi connectivity index (χ2v) is 4.52. The van der Waals surface area contributed by atoms with E-state index in [0.717, 1.165) is 5.92 Å². The van der Waals surface area contributed by atoms with Gasteiger partial charge in [-0.2, -0.15) is 0 Å². The molecule has 0 bridgehead atoms. The molecule has 0 heterocycles. The third-order valence-electron chi connectivity index (χ3n) is 3.24. The van der Waals surface area contributed by atoms with Crippen LogP contribution in [-0.2, 0) is 0 Å². The SMILES string of the molecule is CCCCCCCCC1C[CH]CC1. The Kier molecular flexibility index (Phi) is 6.31. The zero-order valence-corrected chi connectivity index (χ0v) is 9.23. The second-order valence-electron chi connectivity index (χ2n) is 4.52. The highest BCUT2D eigenvalue weighted by atomic mass is 14.2. The monoisotopic (exact) mass is 181 g/mol. The van der Waals surface area contributed by atoms with Crippen molar-refractivity contribution >= 4 is 0 Å². The van der Waals surface area contributed by atoms with Crippen molar-refractivity contribution in [3.05, 3.63) is 6.42 Å². The molecule has 1 rings (SSSR count). The first-order valence-electron chi connectivity index (χ1n) is 6.25. The van der Waals surface area contributed by atoms with Crippen LogP contribution in [-0.4, -0.2) is 0 Å². The van der Waals surface area contributed by atoms with Gasteiger partial charge in [-0.15, -0.1) is 0 Å². The summed E-state index contributed by atoms with van der Waals surface area (Å²) in [5, 5.41) is 0. The van der Waals surface area contributed by atoms with E-state index in [0.29, 0.717) is 0 Å². The van der Waals surface area contributed by atoms with E-state index in [1.807, 2.05) is 0 Å². The van der Waals surface area contributed by atoms with Gasteiger partial charge in [0.15, 0.2) is 0 Å². The van der Waals surface area contributed by atoms with Gasteiger partial charge in [0.05, 0.1) is 0 Å². The number of rotatable bonds is 7. The van der Waals surface area contributed by atoms with E-state index in [2.05, 4.69) is 13.3 Å². The predicted molar refractivity (Wildman–Crippen MR) is 59.6 cm³/mol. The van der Waals surface area contributed by atoms with Crippen LogP contribution in [0.4, 0.5) is 0 Å². The summed E-state index contributed by atoms with van der Waals surface area (Å²) >= 11 is 0. The maximum absolute atomic E-state index is 2.47. The van der Waals surface area contributed by atoms with E-state index in [1.165, 1.54) is 64.2 Å². The van der Waals surface area contributed by atoms with Crippen LogP contribution in [0.1, 0.15) is 71.1 Å². The highest BCUT2D eigenvalue weighted by molar-refractivity contribution is 4.80. The Balaban J connectivity index is 1.78. The van der Waals surface area contributed by atoms with Gasteiger partial charge in [-0.05, 0) is 25.2 Å². The Morgan fingerprint density at radius 2 is 1.85 bits per heavy atom. The van der Waals surface area contributed by atoms with Gasteiger partial charge >= 0.3 is 0 Å². The molecule has 0 aliphatic heterocycles. The summed E-state index contributed by atoms with van der Waals surface area (Å²) in [5.74, 6) is 1.06. The quantitative estimate of drug-likeness (QED) is 0.498. The third kappa shape index (κ3) is 5.33.